The number of rotatable bonds is 9. The standard InChI is InChI=1S/C15H21IO4/c1-19-15(18)13-8-6-12(7-9-13)11-20-10-4-2-3-5-14(16)17/h6-9,14,17H,2-5,10-11H2,1H3. The molecule has 0 heterocycles. The Labute approximate surface area is 133 Å². The number of methoxy groups -OCH3 is 1. The summed E-state index contributed by atoms with van der Waals surface area (Å²) in [6.07, 6.45) is 3.95. The fourth-order valence-electron chi connectivity index (χ4n) is 1.74. The second-order valence-electron chi connectivity index (χ2n) is 4.52. The molecule has 4 nitrogen and oxygen atoms in total. The molecule has 0 spiro atoms. The van der Waals surface area contributed by atoms with Crippen LogP contribution in [0.15, 0.2) is 24.3 Å². The molecule has 0 aromatic heterocycles. The van der Waals surface area contributed by atoms with E-state index in [2.05, 4.69) is 4.74 Å². The first-order valence-corrected chi connectivity index (χ1v) is 7.95. The van der Waals surface area contributed by atoms with E-state index in [0.29, 0.717) is 12.2 Å². The molecule has 20 heavy (non-hydrogen) atoms. The molecule has 1 aromatic carbocycles. The van der Waals surface area contributed by atoms with Gasteiger partial charge in [0.1, 0.15) is 4.11 Å². The molecule has 1 atom stereocenters. The van der Waals surface area contributed by atoms with Crippen molar-refractivity contribution in [2.75, 3.05) is 13.7 Å². The molecular weight excluding hydrogens is 371 g/mol. The predicted molar refractivity (Wildman–Crippen MR) is 85.9 cm³/mol. The van der Waals surface area contributed by atoms with Gasteiger partial charge in [-0.15, -0.1) is 0 Å². The number of hydrogen-bond donors (Lipinski definition) is 1. The van der Waals surface area contributed by atoms with Crippen LogP contribution in [0, 0.1) is 0 Å². The Balaban J connectivity index is 2.14. The van der Waals surface area contributed by atoms with Gasteiger partial charge in [-0.3, -0.25) is 0 Å². The van der Waals surface area contributed by atoms with Gasteiger partial charge in [0.15, 0.2) is 0 Å². The van der Waals surface area contributed by atoms with E-state index in [1.807, 2.05) is 34.7 Å². The molecule has 1 aromatic rings. The lowest BCUT2D eigenvalue weighted by molar-refractivity contribution is 0.0600. The van der Waals surface area contributed by atoms with Crippen LogP contribution in [-0.2, 0) is 16.1 Å². The maximum Gasteiger partial charge on any atom is 0.337 e. The monoisotopic (exact) mass is 392 g/mol. The van der Waals surface area contributed by atoms with Crippen molar-refractivity contribution in [3.05, 3.63) is 35.4 Å². The fourth-order valence-corrected chi connectivity index (χ4v) is 2.18. The van der Waals surface area contributed by atoms with Gasteiger partial charge in [-0.05, 0) is 37.0 Å². The number of carbonyl (C=O) groups is 1. The number of aliphatic hydroxyl groups excluding tert-OH is 1. The summed E-state index contributed by atoms with van der Waals surface area (Å²) < 4.78 is 9.98. The minimum Gasteiger partial charge on any atom is -0.465 e. The normalized spacial score (nSPS) is 12.2. The van der Waals surface area contributed by atoms with Crippen molar-refractivity contribution < 1.29 is 19.4 Å². The highest BCUT2D eigenvalue weighted by molar-refractivity contribution is 14.1. The molecule has 0 saturated heterocycles. The van der Waals surface area contributed by atoms with Crippen LogP contribution < -0.4 is 0 Å². The van der Waals surface area contributed by atoms with Crippen LogP contribution in [0.5, 0.6) is 0 Å². The van der Waals surface area contributed by atoms with E-state index in [9.17, 15) is 4.79 Å². The summed E-state index contributed by atoms with van der Waals surface area (Å²) in [6.45, 7) is 1.27. The maximum atomic E-state index is 11.3. The molecule has 1 N–H and O–H groups in total. The molecule has 0 radical (unpaired) electrons. The molecular formula is C15H21IO4. The number of unbranched alkanes of at least 4 members (excludes halogenated alkanes) is 2. The molecule has 0 aliphatic heterocycles. The second kappa shape index (κ2) is 10.1. The summed E-state index contributed by atoms with van der Waals surface area (Å²) in [7, 11) is 1.37. The van der Waals surface area contributed by atoms with Crippen molar-refractivity contribution in [3.63, 3.8) is 0 Å². The SMILES string of the molecule is COC(=O)c1ccc(COCCCCCC(O)I)cc1. The molecule has 0 amide bonds. The van der Waals surface area contributed by atoms with E-state index in [4.69, 9.17) is 9.84 Å². The topological polar surface area (TPSA) is 55.8 Å². The van der Waals surface area contributed by atoms with Crippen molar-refractivity contribution in [3.8, 4) is 0 Å². The zero-order chi connectivity index (χ0) is 14.8. The zero-order valence-electron chi connectivity index (χ0n) is 11.7. The zero-order valence-corrected chi connectivity index (χ0v) is 13.8. The molecule has 5 heteroatoms. The van der Waals surface area contributed by atoms with Crippen LogP contribution >= 0.6 is 22.6 Å². The van der Waals surface area contributed by atoms with Gasteiger partial charge in [0, 0.05) is 6.61 Å². The molecule has 0 aliphatic carbocycles. The van der Waals surface area contributed by atoms with Gasteiger partial charge in [-0.25, -0.2) is 4.79 Å². The Morgan fingerprint density at radius 3 is 2.55 bits per heavy atom. The molecule has 0 saturated carbocycles. The Morgan fingerprint density at radius 1 is 1.25 bits per heavy atom. The summed E-state index contributed by atoms with van der Waals surface area (Å²) in [5.41, 5.74) is 1.59. The van der Waals surface area contributed by atoms with E-state index in [-0.39, 0.29) is 10.1 Å². The molecule has 1 unspecified atom stereocenters. The number of aliphatic hydroxyl groups is 1. The predicted octanol–water partition coefficient (Wildman–Crippen LogP) is 3.30. The van der Waals surface area contributed by atoms with Crippen molar-refractivity contribution in [2.45, 2.75) is 36.4 Å². The molecule has 0 aliphatic rings. The first-order valence-electron chi connectivity index (χ1n) is 6.70. The van der Waals surface area contributed by atoms with Crippen molar-refractivity contribution in [2.24, 2.45) is 0 Å². The Kier molecular flexibility index (Phi) is 8.80. The number of alkyl halides is 1. The van der Waals surface area contributed by atoms with Gasteiger partial charge in [0.2, 0.25) is 0 Å². The second-order valence-corrected chi connectivity index (χ2v) is 5.96. The number of carbonyl (C=O) groups excluding carboxylic acids is 1. The van der Waals surface area contributed by atoms with Crippen LogP contribution in [0.2, 0.25) is 0 Å². The Bertz CT molecular complexity index is 389. The number of esters is 1. The largest absolute Gasteiger partial charge is 0.465 e. The lowest BCUT2D eigenvalue weighted by Crippen LogP contribution is -2.01. The third-order valence-electron chi connectivity index (χ3n) is 2.87. The van der Waals surface area contributed by atoms with Crippen LogP contribution in [0.3, 0.4) is 0 Å². The van der Waals surface area contributed by atoms with E-state index in [1.165, 1.54) is 7.11 Å². The maximum absolute atomic E-state index is 11.3. The summed E-state index contributed by atoms with van der Waals surface area (Å²) in [4.78, 5) is 11.3. The van der Waals surface area contributed by atoms with E-state index < -0.39 is 0 Å². The average molecular weight is 392 g/mol. The summed E-state index contributed by atoms with van der Waals surface area (Å²) in [6, 6.07) is 7.23. The van der Waals surface area contributed by atoms with Gasteiger partial charge >= 0.3 is 5.97 Å². The average Bonchev–Trinajstić information content (AvgIpc) is 2.45. The number of benzene rings is 1. The quantitative estimate of drug-likeness (QED) is 0.303. The van der Waals surface area contributed by atoms with Gasteiger partial charge in [0.05, 0.1) is 19.3 Å². The van der Waals surface area contributed by atoms with E-state index >= 15 is 0 Å². The third kappa shape index (κ3) is 7.21. The first-order chi connectivity index (χ1) is 9.63. The van der Waals surface area contributed by atoms with Crippen molar-refractivity contribution in [1.29, 1.82) is 0 Å². The van der Waals surface area contributed by atoms with Crippen molar-refractivity contribution >= 4 is 28.6 Å². The highest BCUT2D eigenvalue weighted by atomic mass is 127. The molecule has 1 rings (SSSR count). The van der Waals surface area contributed by atoms with Gasteiger partial charge < -0.3 is 14.6 Å². The lowest BCUT2D eigenvalue weighted by atomic mass is 10.1. The highest BCUT2D eigenvalue weighted by Crippen LogP contribution is 2.10. The highest BCUT2D eigenvalue weighted by Gasteiger charge is 2.04. The van der Waals surface area contributed by atoms with Gasteiger partial charge in [-0.2, -0.15) is 0 Å². The molecule has 0 bridgehead atoms. The van der Waals surface area contributed by atoms with Crippen LogP contribution in [0.4, 0.5) is 0 Å². The summed E-state index contributed by atoms with van der Waals surface area (Å²) in [5.74, 6) is -0.324. The fraction of sp³-hybridized carbons (Fsp3) is 0.533. The third-order valence-corrected chi connectivity index (χ3v) is 3.50. The smallest absolute Gasteiger partial charge is 0.337 e. The number of ether oxygens (including phenoxy) is 2. The van der Waals surface area contributed by atoms with Gasteiger partial charge in [0.25, 0.3) is 0 Å². The number of hydrogen-bond acceptors (Lipinski definition) is 4. The number of halogens is 1. The minimum atomic E-state index is -0.324. The lowest BCUT2D eigenvalue weighted by Gasteiger charge is -2.06. The van der Waals surface area contributed by atoms with Gasteiger partial charge in [-0.1, -0.05) is 41.1 Å². The van der Waals surface area contributed by atoms with E-state index in [0.717, 1.165) is 37.9 Å². The first kappa shape index (κ1) is 17.4. The summed E-state index contributed by atoms with van der Waals surface area (Å²) in [5, 5.41) is 9.11. The van der Waals surface area contributed by atoms with Crippen LogP contribution in [0.25, 0.3) is 0 Å². The van der Waals surface area contributed by atoms with Crippen LogP contribution in [-0.4, -0.2) is 28.9 Å². The van der Waals surface area contributed by atoms with Crippen molar-refractivity contribution in [1.82, 2.24) is 0 Å². The Morgan fingerprint density at radius 2 is 1.95 bits per heavy atom. The molecule has 0 fully saturated rings. The summed E-state index contributed by atoms with van der Waals surface area (Å²) >= 11 is 2.02. The Hall–Kier alpha value is -0.660. The minimum absolute atomic E-state index is 0.234. The molecule has 112 valence electrons. The van der Waals surface area contributed by atoms with Crippen LogP contribution in [0.1, 0.15) is 41.6 Å². The van der Waals surface area contributed by atoms with E-state index in [1.54, 1.807) is 12.1 Å².